The zero-order chi connectivity index (χ0) is 16.1. The Morgan fingerprint density at radius 2 is 2.23 bits per heavy atom. The Bertz CT molecular complexity index is 532. The van der Waals surface area contributed by atoms with Crippen LogP contribution in [0, 0.1) is 11.8 Å². The highest BCUT2D eigenvalue weighted by Gasteiger charge is 2.29. The van der Waals surface area contributed by atoms with E-state index in [0.717, 1.165) is 24.3 Å². The highest BCUT2D eigenvalue weighted by atomic mass is 32.1. The second-order valence-electron chi connectivity index (χ2n) is 5.84. The predicted molar refractivity (Wildman–Crippen MR) is 83.8 cm³/mol. The summed E-state index contributed by atoms with van der Waals surface area (Å²) in [6, 6.07) is 0. The van der Waals surface area contributed by atoms with Gasteiger partial charge in [-0.1, -0.05) is 25.2 Å². The molecule has 1 aliphatic heterocycles. The molecule has 1 atom stereocenters. The number of carbonyl (C=O) groups excluding carboxylic acids is 2. The van der Waals surface area contributed by atoms with Gasteiger partial charge in [-0.25, -0.2) is 4.79 Å². The molecule has 0 aromatic carbocycles. The van der Waals surface area contributed by atoms with Crippen molar-refractivity contribution in [1.29, 1.82) is 0 Å². The van der Waals surface area contributed by atoms with Crippen molar-refractivity contribution in [2.24, 2.45) is 11.8 Å². The fraction of sp³-hybridized carbons (Fsp3) is 0.714. The molecule has 0 spiro atoms. The lowest BCUT2D eigenvalue weighted by molar-refractivity contribution is -0.121. The molecule has 0 saturated carbocycles. The second kappa shape index (κ2) is 7.53. The van der Waals surface area contributed by atoms with Gasteiger partial charge < -0.3 is 15.0 Å². The number of anilines is 1. The van der Waals surface area contributed by atoms with Crippen LogP contribution >= 0.6 is 11.3 Å². The van der Waals surface area contributed by atoms with Crippen LogP contribution in [0.3, 0.4) is 0 Å². The number of amides is 2. The van der Waals surface area contributed by atoms with E-state index in [1.165, 1.54) is 18.4 Å². The molecule has 1 aliphatic rings. The number of likely N-dealkylation sites (tertiary alicyclic amines) is 1. The third-order valence-corrected chi connectivity index (χ3v) is 4.37. The third kappa shape index (κ3) is 4.40. The fourth-order valence-corrected chi connectivity index (χ4v) is 3.38. The maximum absolute atomic E-state index is 12.3. The number of ether oxygens (including phenoxy) is 1. The van der Waals surface area contributed by atoms with Crippen molar-refractivity contribution >= 4 is 28.5 Å². The zero-order valence-electron chi connectivity index (χ0n) is 13.2. The molecule has 0 radical (unpaired) electrons. The fourth-order valence-electron chi connectivity index (χ4n) is 2.43. The van der Waals surface area contributed by atoms with Crippen LogP contribution in [0.25, 0.3) is 0 Å². The number of aromatic nitrogens is 2. The van der Waals surface area contributed by atoms with Gasteiger partial charge >= 0.3 is 6.09 Å². The monoisotopic (exact) mass is 326 g/mol. The Morgan fingerprint density at radius 3 is 2.91 bits per heavy atom. The van der Waals surface area contributed by atoms with Gasteiger partial charge in [0.15, 0.2) is 0 Å². The minimum absolute atomic E-state index is 0.110. The molecule has 2 rings (SSSR count). The summed E-state index contributed by atoms with van der Waals surface area (Å²) < 4.78 is 4.71. The molecule has 22 heavy (non-hydrogen) atoms. The molecule has 2 amide bonds. The first-order valence-electron chi connectivity index (χ1n) is 7.45. The molecule has 0 aliphatic carbocycles. The van der Waals surface area contributed by atoms with Crippen molar-refractivity contribution in [2.75, 3.05) is 25.5 Å². The van der Waals surface area contributed by atoms with Crippen molar-refractivity contribution in [3.8, 4) is 0 Å². The first kappa shape index (κ1) is 16.7. The highest BCUT2D eigenvalue weighted by molar-refractivity contribution is 7.15. The Balaban J connectivity index is 1.91. The maximum Gasteiger partial charge on any atom is 0.409 e. The summed E-state index contributed by atoms with van der Waals surface area (Å²) in [7, 11) is 1.35. The van der Waals surface area contributed by atoms with Gasteiger partial charge in [-0.15, -0.1) is 10.2 Å². The van der Waals surface area contributed by atoms with Crippen LogP contribution in [-0.4, -0.2) is 47.3 Å². The molecule has 2 heterocycles. The van der Waals surface area contributed by atoms with Gasteiger partial charge in [-0.05, 0) is 18.8 Å². The van der Waals surface area contributed by atoms with Gasteiger partial charge in [0.05, 0.1) is 13.0 Å². The van der Waals surface area contributed by atoms with Crippen LogP contribution in [0.5, 0.6) is 0 Å². The number of carbonyl (C=O) groups is 2. The van der Waals surface area contributed by atoms with E-state index in [-0.39, 0.29) is 17.9 Å². The van der Waals surface area contributed by atoms with E-state index in [0.29, 0.717) is 24.1 Å². The number of piperidine rings is 1. The van der Waals surface area contributed by atoms with E-state index in [2.05, 4.69) is 29.4 Å². The van der Waals surface area contributed by atoms with Crippen molar-refractivity contribution in [3.05, 3.63) is 5.01 Å². The van der Waals surface area contributed by atoms with Gasteiger partial charge in [0.1, 0.15) is 5.01 Å². The Labute approximate surface area is 134 Å². The Kier molecular flexibility index (Phi) is 5.70. The quantitative estimate of drug-likeness (QED) is 0.916. The first-order chi connectivity index (χ1) is 10.5. The van der Waals surface area contributed by atoms with E-state index in [9.17, 15) is 9.59 Å². The van der Waals surface area contributed by atoms with Gasteiger partial charge in [-0.3, -0.25) is 4.79 Å². The summed E-state index contributed by atoms with van der Waals surface area (Å²) in [5.74, 6) is 0.162. The van der Waals surface area contributed by atoms with E-state index in [1.54, 1.807) is 4.90 Å². The average molecular weight is 326 g/mol. The van der Waals surface area contributed by atoms with Crippen LogP contribution in [0.4, 0.5) is 9.93 Å². The molecule has 7 nitrogen and oxygen atoms in total. The Hall–Kier alpha value is -1.70. The molecule has 1 aromatic heterocycles. The van der Waals surface area contributed by atoms with Crippen LogP contribution in [-0.2, 0) is 16.0 Å². The molecule has 1 saturated heterocycles. The van der Waals surface area contributed by atoms with Crippen molar-refractivity contribution in [2.45, 2.75) is 33.1 Å². The van der Waals surface area contributed by atoms with Crippen molar-refractivity contribution in [3.63, 3.8) is 0 Å². The lowest BCUT2D eigenvalue weighted by Gasteiger charge is -2.30. The third-order valence-electron chi connectivity index (χ3n) is 3.50. The summed E-state index contributed by atoms with van der Waals surface area (Å²) in [6.07, 6.45) is 2.03. The molecule has 0 unspecified atom stereocenters. The number of rotatable bonds is 4. The van der Waals surface area contributed by atoms with E-state index in [1.807, 2.05) is 0 Å². The maximum atomic E-state index is 12.3. The first-order valence-corrected chi connectivity index (χ1v) is 8.27. The summed E-state index contributed by atoms with van der Waals surface area (Å²) in [5.41, 5.74) is 0. The summed E-state index contributed by atoms with van der Waals surface area (Å²) in [5, 5.41) is 12.3. The van der Waals surface area contributed by atoms with Crippen molar-refractivity contribution in [1.82, 2.24) is 15.1 Å². The largest absolute Gasteiger partial charge is 0.453 e. The van der Waals surface area contributed by atoms with E-state index in [4.69, 9.17) is 4.74 Å². The number of hydrogen-bond donors (Lipinski definition) is 1. The number of methoxy groups -OCH3 is 1. The van der Waals surface area contributed by atoms with Crippen LogP contribution in [0.2, 0.25) is 0 Å². The molecule has 1 fully saturated rings. The lowest BCUT2D eigenvalue weighted by Crippen LogP contribution is -2.43. The molecule has 1 N–H and O–H groups in total. The summed E-state index contributed by atoms with van der Waals surface area (Å²) in [6.45, 7) is 5.25. The summed E-state index contributed by atoms with van der Waals surface area (Å²) >= 11 is 1.41. The van der Waals surface area contributed by atoms with Crippen LogP contribution < -0.4 is 5.32 Å². The molecule has 0 bridgehead atoms. The van der Waals surface area contributed by atoms with Gasteiger partial charge in [0.25, 0.3) is 0 Å². The number of hydrogen-bond acceptors (Lipinski definition) is 6. The normalized spacial score (nSPS) is 18.4. The number of nitrogens with one attached hydrogen (secondary N) is 1. The van der Waals surface area contributed by atoms with Gasteiger partial charge in [-0.2, -0.15) is 0 Å². The van der Waals surface area contributed by atoms with Crippen molar-refractivity contribution < 1.29 is 14.3 Å². The number of nitrogens with zero attached hydrogens (tertiary/aromatic N) is 3. The van der Waals surface area contributed by atoms with Crippen LogP contribution in [0.1, 0.15) is 31.7 Å². The molecule has 122 valence electrons. The predicted octanol–water partition coefficient (Wildman–Crippen LogP) is 2.15. The van der Waals surface area contributed by atoms with Crippen LogP contribution in [0.15, 0.2) is 0 Å². The van der Waals surface area contributed by atoms with E-state index >= 15 is 0 Å². The summed E-state index contributed by atoms with van der Waals surface area (Å²) in [4.78, 5) is 25.4. The molecule has 1 aromatic rings. The molecule has 8 heteroatoms. The average Bonchev–Trinajstić information content (AvgIpc) is 2.92. The second-order valence-corrected chi connectivity index (χ2v) is 6.91. The minimum atomic E-state index is -0.382. The standard InChI is InChI=1S/C14H22N4O3S/c1-9(2)7-11-16-17-13(22-11)15-12(19)10-5-4-6-18(8-10)14(20)21-3/h9-10H,4-8H2,1-3H3,(H,15,17,19)/t10-/m0/s1. The molecular weight excluding hydrogens is 304 g/mol. The smallest absolute Gasteiger partial charge is 0.409 e. The topological polar surface area (TPSA) is 84.4 Å². The van der Waals surface area contributed by atoms with Gasteiger partial charge in [0.2, 0.25) is 11.0 Å². The van der Waals surface area contributed by atoms with Gasteiger partial charge in [0, 0.05) is 19.5 Å². The highest BCUT2D eigenvalue weighted by Crippen LogP contribution is 2.22. The lowest BCUT2D eigenvalue weighted by atomic mass is 9.97. The zero-order valence-corrected chi connectivity index (χ0v) is 14.0. The van der Waals surface area contributed by atoms with E-state index < -0.39 is 0 Å². The minimum Gasteiger partial charge on any atom is -0.453 e. The SMILES string of the molecule is COC(=O)N1CCC[C@H](C(=O)Nc2nnc(CC(C)C)s2)C1. The Morgan fingerprint density at radius 1 is 1.45 bits per heavy atom. The molecular formula is C14H22N4O3S.